The molecular formula is C16H24N4S. The van der Waals surface area contributed by atoms with E-state index in [9.17, 15) is 0 Å². The van der Waals surface area contributed by atoms with Crippen molar-refractivity contribution in [1.29, 1.82) is 0 Å². The Morgan fingerprint density at radius 1 is 1.38 bits per heavy atom. The molecule has 21 heavy (non-hydrogen) atoms. The zero-order chi connectivity index (χ0) is 14.5. The first kappa shape index (κ1) is 14.7. The van der Waals surface area contributed by atoms with Crippen LogP contribution in [0.15, 0.2) is 23.8 Å². The van der Waals surface area contributed by atoms with Crippen molar-refractivity contribution in [3.05, 3.63) is 34.5 Å². The smallest absolute Gasteiger partial charge is 0.109 e. The minimum atomic E-state index is 0.338. The highest BCUT2D eigenvalue weighted by Crippen LogP contribution is 2.27. The topological polar surface area (TPSA) is 42.7 Å². The minimum Gasteiger partial charge on any atom is -0.302 e. The van der Waals surface area contributed by atoms with Crippen LogP contribution in [-0.4, -0.2) is 14.8 Å². The van der Waals surface area contributed by atoms with Gasteiger partial charge in [0.15, 0.2) is 0 Å². The Labute approximate surface area is 130 Å². The average Bonchev–Trinajstić information content (AvgIpc) is 3.20. The predicted octanol–water partition coefficient (Wildman–Crippen LogP) is 4.09. The van der Waals surface area contributed by atoms with Crippen LogP contribution in [0.5, 0.6) is 0 Å². The van der Waals surface area contributed by atoms with Crippen molar-refractivity contribution in [3.8, 4) is 0 Å². The largest absolute Gasteiger partial charge is 0.302 e. The summed E-state index contributed by atoms with van der Waals surface area (Å²) in [6, 6.07) is 3.11. The first-order valence-electron chi connectivity index (χ1n) is 8.03. The van der Waals surface area contributed by atoms with Gasteiger partial charge in [0, 0.05) is 24.3 Å². The molecule has 0 aliphatic heterocycles. The van der Waals surface area contributed by atoms with E-state index in [1.807, 2.05) is 11.6 Å². The Hall–Kier alpha value is -1.20. The highest BCUT2D eigenvalue weighted by Gasteiger charge is 2.16. The second-order valence-electron chi connectivity index (χ2n) is 5.79. The number of thiazole rings is 1. The number of hydrogen-bond acceptors (Lipinski definition) is 4. The van der Waals surface area contributed by atoms with E-state index in [2.05, 4.69) is 34.2 Å². The highest BCUT2D eigenvalue weighted by atomic mass is 32.1. The summed E-state index contributed by atoms with van der Waals surface area (Å²) >= 11 is 1.72. The number of nitrogens with one attached hydrogen (secondary N) is 1. The van der Waals surface area contributed by atoms with Crippen LogP contribution in [0.3, 0.4) is 0 Å². The van der Waals surface area contributed by atoms with E-state index < -0.39 is 0 Å². The standard InChI is InChI=1S/C16H24N4S/c1-2-15(16-17-9-11-21-16)18-12-13-8-10-20(19-13)14-6-4-3-5-7-14/h8-11,14-15,18H,2-7,12H2,1H3. The molecule has 5 heteroatoms. The summed E-state index contributed by atoms with van der Waals surface area (Å²) in [5.41, 5.74) is 1.13. The van der Waals surface area contributed by atoms with Gasteiger partial charge in [-0.3, -0.25) is 4.68 Å². The number of nitrogens with zero attached hydrogens (tertiary/aromatic N) is 3. The summed E-state index contributed by atoms with van der Waals surface area (Å²) in [6.07, 6.45) is 11.7. The maximum atomic E-state index is 4.76. The molecular weight excluding hydrogens is 280 g/mol. The van der Waals surface area contributed by atoms with Crippen LogP contribution in [0.25, 0.3) is 0 Å². The molecule has 0 radical (unpaired) electrons. The lowest BCUT2D eigenvalue weighted by Crippen LogP contribution is -2.21. The lowest BCUT2D eigenvalue weighted by Gasteiger charge is -2.21. The molecule has 2 aromatic heterocycles. The van der Waals surface area contributed by atoms with Gasteiger partial charge in [-0.25, -0.2) is 4.98 Å². The van der Waals surface area contributed by atoms with E-state index >= 15 is 0 Å². The lowest BCUT2D eigenvalue weighted by atomic mass is 9.96. The molecule has 0 saturated heterocycles. The van der Waals surface area contributed by atoms with Gasteiger partial charge in [0.25, 0.3) is 0 Å². The Balaban J connectivity index is 1.56. The molecule has 114 valence electrons. The summed E-state index contributed by atoms with van der Waals surface area (Å²) < 4.78 is 2.18. The molecule has 1 aliphatic rings. The van der Waals surface area contributed by atoms with Crippen molar-refractivity contribution in [2.45, 2.75) is 64.1 Å². The van der Waals surface area contributed by atoms with Crippen molar-refractivity contribution < 1.29 is 0 Å². The van der Waals surface area contributed by atoms with Gasteiger partial charge in [-0.05, 0) is 25.3 Å². The molecule has 0 amide bonds. The third-order valence-electron chi connectivity index (χ3n) is 4.30. The predicted molar refractivity (Wildman–Crippen MR) is 86.3 cm³/mol. The molecule has 3 rings (SSSR count). The zero-order valence-electron chi connectivity index (χ0n) is 12.7. The van der Waals surface area contributed by atoms with Crippen LogP contribution in [0.1, 0.15) is 68.2 Å². The van der Waals surface area contributed by atoms with Crippen molar-refractivity contribution in [1.82, 2.24) is 20.1 Å². The van der Waals surface area contributed by atoms with Crippen LogP contribution < -0.4 is 5.32 Å². The second kappa shape index (κ2) is 7.18. The molecule has 1 aliphatic carbocycles. The maximum absolute atomic E-state index is 4.76. The summed E-state index contributed by atoms with van der Waals surface area (Å²) in [5, 5.41) is 11.5. The van der Waals surface area contributed by atoms with Gasteiger partial charge in [-0.15, -0.1) is 11.3 Å². The molecule has 1 atom stereocenters. The molecule has 1 N–H and O–H groups in total. The van der Waals surface area contributed by atoms with Gasteiger partial charge in [0.2, 0.25) is 0 Å². The fraction of sp³-hybridized carbons (Fsp3) is 0.625. The molecule has 0 bridgehead atoms. The van der Waals surface area contributed by atoms with Crippen molar-refractivity contribution >= 4 is 11.3 Å². The summed E-state index contributed by atoms with van der Waals surface area (Å²) in [5.74, 6) is 0. The molecule has 1 fully saturated rings. The minimum absolute atomic E-state index is 0.338. The first-order valence-corrected chi connectivity index (χ1v) is 8.91. The molecule has 1 unspecified atom stereocenters. The quantitative estimate of drug-likeness (QED) is 0.874. The van der Waals surface area contributed by atoms with Gasteiger partial charge in [0.1, 0.15) is 5.01 Å². The third-order valence-corrected chi connectivity index (χ3v) is 5.19. The Morgan fingerprint density at radius 3 is 2.95 bits per heavy atom. The summed E-state index contributed by atoms with van der Waals surface area (Å²) in [6.45, 7) is 3.01. The maximum Gasteiger partial charge on any atom is 0.109 e. The van der Waals surface area contributed by atoms with E-state index in [0.29, 0.717) is 12.1 Å². The van der Waals surface area contributed by atoms with Crippen molar-refractivity contribution in [3.63, 3.8) is 0 Å². The number of hydrogen-bond donors (Lipinski definition) is 1. The van der Waals surface area contributed by atoms with Crippen LogP contribution in [0.2, 0.25) is 0 Å². The summed E-state index contributed by atoms with van der Waals surface area (Å²) in [7, 11) is 0. The van der Waals surface area contributed by atoms with E-state index in [1.165, 1.54) is 37.1 Å². The highest BCUT2D eigenvalue weighted by molar-refractivity contribution is 7.09. The number of rotatable bonds is 6. The molecule has 2 aromatic rings. The van der Waals surface area contributed by atoms with Gasteiger partial charge < -0.3 is 5.32 Å². The van der Waals surface area contributed by atoms with Gasteiger partial charge in [0.05, 0.1) is 17.8 Å². The first-order chi connectivity index (χ1) is 10.4. The van der Waals surface area contributed by atoms with Crippen LogP contribution in [0.4, 0.5) is 0 Å². The number of aromatic nitrogens is 3. The van der Waals surface area contributed by atoms with Crippen LogP contribution >= 0.6 is 11.3 Å². The molecule has 1 saturated carbocycles. The van der Waals surface area contributed by atoms with Gasteiger partial charge >= 0.3 is 0 Å². The van der Waals surface area contributed by atoms with E-state index in [-0.39, 0.29) is 0 Å². The second-order valence-corrected chi connectivity index (χ2v) is 6.72. The molecule has 2 heterocycles. The van der Waals surface area contributed by atoms with E-state index in [0.717, 1.165) is 18.7 Å². The average molecular weight is 304 g/mol. The van der Waals surface area contributed by atoms with E-state index in [1.54, 1.807) is 11.3 Å². The van der Waals surface area contributed by atoms with Crippen molar-refractivity contribution in [2.75, 3.05) is 0 Å². The van der Waals surface area contributed by atoms with Crippen LogP contribution in [0, 0.1) is 0 Å². The lowest BCUT2D eigenvalue weighted by molar-refractivity contribution is 0.327. The fourth-order valence-electron chi connectivity index (χ4n) is 3.06. The van der Waals surface area contributed by atoms with Crippen LogP contribution in [-0.2, 0) is 6.54 Å². The SMILES string of the molecule is CCC(NCc1ccn(C2CCCCC2)n1)c1nccs1. The Morgan fingerprint density at radius 2 is 2.24 bits per heavy atom. The summed E-state index contributed by atoms with van der Waals surface area (Å²) in [4.78, 5) is 4.41. The molecule has 0 spiro atoms. The third kappa shape index (κ3) is 3.71. The monoisotopic (exact) mass is 304 g/mol. The Kier molecular flexibility index (Phi) is 5.04. The Bertz CT molecular complexity index is 528. The molecule has 4 nitrogen and oxygen atoms in total. The fourth-order valence-corrected chi connectivity index (χ4v) is 3.86. The van der Waals surface area contributed by atoms with E-state index in [4.69, 9.17) is 5.10 Å². The van der Waals surface area contributed by atoms with Gasteiger partial charge in [-0.1, -0.05) is 26.2 Å². The van der Waals surface area contributed by atoms with Gasteiger partial charge in [-0.2, -0.15) is 5.10 Å². The zero-order valence-corrected chi connectivity index (χ0v) is 13.5. The van der Waals surface area contributed by atoms with Crippen molar-refractivity contribution in [2.24, 2.45) is 0 Å². The normalized spacial score (nSPS) is 18.0. The molecule has 0 aromatic carbocycles.